The van der Waals surface area contributed by atoms with E-state index in [1.54, 1.807) is 43.3 Å². The van der Waals surface area contributed by atoms with Gasteiger partial charge in [0.05, 0.1) is 25.3 Å². The minimum Gasteiger partial charge on any atom is -0.394 e. The molecule has 5 nitrogen and oxygen atoms in total. The second kappa shape index (κ2) is 7.87. The molecule has 140 valence electrons. The Morgan fingerprint density at radius 3 is 2.41 bits per heavy atom. The fourth-order valence-corrected chi connectivity index (χ4v) is 3.79. The van der Waals surface area contributed by atoms with Crippen LogP contribution in [0.2, 0.25) is 0 Å². The maximum atomic E-state index is 14.4. The van der Waals surface area contributed by atoms with Gasteiger partial charge in [-0.15, -0.1) is 0 Å². The number of halogens is 1. The normalized spacial score (nSPS) is 21.6. The number of likely N-dealkylation sites (N-methyl/N-ethyl adjacent to an activating group) is 1. The average molecular weight is 367 g/mol. The summed E-state index contributed by atoms with van der Waals surface area (Å²) in [6.07, 6.45) is 0. The van der Waals surface area contributed by atoms with E-state index < -0.39 is 12.1 Å². The highest BCUT2D eigenvalue weighted by Gasteiger charge is 2.52. The third kappa shape index (κ3) is 3.44. The van der Waals surface area contributed by atoms with Gasteiger partial charge in [-0.2, -0.15) is 5.26 Å². The Morgan fingerprint density at radius 2 is 1.81 bits per heavy atom. The number of hydrogen-bond donors (Lipinski definition) is 1. The highest BCUT2D eigenvalue weighted by Crippen LogP contribution is 2.44. The van der Waals surface area contributed by atoms with Gasteiger partial charge >= 0.3 is 0 Å². The zero-order valence-electron chi connectivity index (χ0n) is 15.3. The summed E-state index contributed by atoms with van der Waals surface area (Å²) in [5.74, 6) is -0.925. The summed E-state index contributed by atoms with van der Waals surface area (Å²) in [6, 6.07) is 14.8. The summed E-state index contributed by atoms with van der Waals surface area (Å²) >= 11 is 0. The fraction of sp³-hybridized carbons (Fsp3) is 0.333. The lowest BCUT2D eigenvalue weighted by molar-refractivity contribution is -0.147. The molecule has 1 aliphatic heterocycles. The predicted octanol–water partition coefficient (Wildman–Crippen LogP) is 2.23. The average Bonchev–Trinajstić information content (AvgIpc) is 2.62. The minimum atomic E-state index is -0.692. The first-order valence-electron chi connectivity index (χ1n) is 8.79. The maximum absolute atomic E-state index is 14.4. The molecule has 1 saturated heterocycles. The molecule has 1 amide bonds. The van der Waals surface area contributed by atoms with Crippen LogP contribution < -0.4 is 0 Å². The standard InChI is InChI=1S/C21H22FN3O2/c1-24(2)12-20(27)25-18(11-23)21(19(25)13-26)16-9-4-3-7-14(16)15-8-5-6-10-17(15)22/h3-10,18-19,21,26H,12-13H2,1-2H3/t18-,19-,21-/m0/s1. The smallest absolute Gasteiger partial charge is 0.238 e. The van der Waals surface area contributed by atoms with E-state index in [1.165, 1.54) is 11.0 Å². The van der Waals surface area contributed by atoms with Gasteiger partial charge in [-0.25, -0.2) is 4.39 Å². The molecule has 0 bridgehead atoms. The second-order valence-electron chi connectivity index (χ2n) is 6.96. The van der Waals surface area contributed by atoms with Gasteiger partial charge in [-0.3, -0.25) is 4.79 Å². The third-order valence-electron chi connectivity index (χ3n) is 4.95. The number of carbonyl (C=O) groups is 1. The van der Waals surface area contributed by atoms with Crippen LogP contribution in [0.1, 0.15) is 11.5 Å². The van der Waals surface area contributed by atoms with Crippen LogP contribution in [0, 0.1) is 17.1 Å². The molecule has 3 rings (SSSR count). The predicted molar refractivity (Wildman–Crippen MR) is 100 cm³/mol. The molecule has 1 N–H and O–H groups in total. The summed E-state index contributed by atoms with van der Waals surface area (Å²) in [7, 11) is 3.55. The van der Waals surface area contributed by atoms with Crippen molar-refractivity contribution in [1.82, 2.24) is 9.80 Å². The number of benzene rings is 2. The fourth-order valence-electron chi connectivity index (χ4n) is 3.79. The van der Waals surface area contributed by atoms with E-state index in [0.29, 0.717) is 11.1 Å². The lowest BCUT2D eigenvalue weighted by atomic mass is 9.73. The molecule has 1 aliphatic rings. The number of aliphatic hydroxyl groups is 1. The van der Waals surface area contributed by atoms with Gasteiger partial charge in [-0.05, 0) is 31.3 Å². The Bertz CT molecular complexity index is 878. The Labute approximate surface area is 158 Å². The number of hydrogen-bond acceptors (Lipinski definition) is 4. The van der Waals surface area contributed by atoms with E-state index in [-0.39, 0.29) is 30.8 Å². The Balaban J connectivity index is 2.01. The molecule has 2 aromatic rings. The number of rotatable bonds is 5. The molecule has 0 saturated carbocycles. The minimum absolute atomic E-state index is 0.163. The third-order valence-corrected chi connectivity index (χ3v) is 4.95. The number of carbonyl (C=O) groups excluding carboxylic acids is 1. The molecule has 27 heavy (non-hydrogen) atoms. The molecule has 3 atom stereocenters. The Morgan fingerprint density at radius 1 is 1.19 bits per heavy atom. The van der Waals surface area contributed by atoms with Crippen molar-refractivity contribution in [2.75, 3.05) is 27.2 Å². The van der Waals surface area contributed by atoms with E-state index in [0.717, 1.165) is 5.56 Å². The van der Waals surface area contributed by atoms with E-state index in [4.69, 9.17) is 0 Å². The van der Waals surface area contributed by atoms with Crippen LogP contribution in [0.3, 0.4) is 0 Å². The molecule has 6 heteroatoms. The number of amides is 1. The van der Waals surface area contributed by atoms with Gasteiger partial charge in [0, 0.05) is 11.5 Å². The molecular weight excluding hydrogens is 345 g/mol. The summed E-state index contributed by atoms with van der Waals surface area (Å²) in [5.41, 5.74) is 1.89. The molecule has 0 spiro atoms. The van der Waals surface area contributed by atoms with Gasteiger partial charge in [-0.1, -0.05) is 42.5 Å². The highest BCUT2D eigenvalue weighted by molar-refractivity contribution is 5.81. The van der Waals surface area contributed by atoms with Crippen molar-refractivity contribution in [1.29, 1.82) is 5.26 Å². The van der Waals surface area contributed by atoms with Gasteiger partial charge in [0.2, 0.25) is 5.91 Å². The van der Waals surface area contributed by atoms with Crippen LogP contribution in [-0.4, -0.2) is 60.1 Å². The summed E-state index contributed by atoms with van der Waals surface area (Å²) in [4.78, 5) is 15.7. The van der Waals surface area contributed by atoms with Crippen molar-refractivity contribution in [2.45, 2.75) is 18.0 Å². The molecule has 0 aromatic heterocycles. The van der Waals surface area contributed by atoms with Gasteiger partial charge < -0.3 is 14.9 Å². The molecule has 0 aliphatic carbocycles. The van der Waals surface area contributed by atoms with Crippen LogP contribution in [0.15, 0.2) is 48.5 Å². The second-order valence-corrected chi connectivity index (χ2v) is 6.96. The quantitative estimate of drug-likeness (QED) is 0.880. The first kappa shape index (κ1) is 19.0. The van der Waals surface area contributed by atoms with Crippen molar-refractivity contribution >= 4 is 5.91 Å². The molecule has 2 aromatic carbocycles. The Kier molecular flexibility index (Phi) is 5.54. The first-order valence-corrected chi connectivity index (χ1v) is 8.79. The number of likely N-dealkylation sites (tertiary alicyclic amines) is 1. The zero-order valence-corrected chi connectivity index (χ0v) is 15.3. The van der Waals surface area contributed by atoms with Crippen molar-refractivity contribution in [3.05, 3.63) is 59.9 Å². The Hall–Kier alpha value is -2.75. The maximum Gasteiger partial charge on any atom is 0.238 e. The van der Waals surface area contributed by atoms with Crippen LogP contribution >= 0.6 is 0 Å². The van der Waals surface area contributed by atoms with Gasteiger partial charge in [0.25, 0.3) is 0 Å². The van der Waals surface area contributed by atoms with Gasteiger partial charge in [0.15, 0.2) is 0 Å². The molecular formula is C21H22FN3O2. The zero-order chi connectivity index (χ0) is 19.6. The lowest BCUT2D eigenvalue weighted by Gasteiger charge is -2.52. The monoisotopic (exact) mass is 367 g/mol. The van der Waals surface area contributed by atoms with Crippen molar-refractivity contribution in [3.8, 4) is 17.2 Å². The molecule has 1 fully saturated rings. The van der Waals surface area contributed by atoms with Crippen molar-refractivity contribution in [3.63, 3.8) is 0 Å². The number of nitrogens with zero attached hydrogens (tertiary/aromatic N) is 3. The molecule has 0 unspecified atom stereocenters. The SMILES string of the molecule is CN(C)CC(=O)N1[C@@H](C#N)[C@H](c2ccccc2-c2ccccc2F)[C@@H]1CO. The summed E-state index contributed by atoms with van der Waals surface area (Å²) in [5, 5.41) is 19.6. The first-order chi connectivity index (χ1) is 13.0. The van der Waals surface area contributed by atoms with Crippen molar-refractivity contribution < 1.29 is 14.3 Å². The van der Waals surface area contributed by atoms with Crippen LogP contribution in [0.5, 0.6) is 0 Å². The number of nitriles is 1. The number of aliphatic hydroxyl groups excluding tert-OH is 1. The summed E-state index contributed by atoms with van der Waals surface area (Å²) in [6.45, 7) is -0.0933. The van der Waals surface area contributed by atoms with E-state index in [1.807, 2.05) is 18.2 Å². The largest absolute Gasteiger partial charge is 0.394 e. The van der Waals surface area contributed by atoms with E-state index in [9.17, 15) is 19.6 Å². The van der Waals surface area contributed by atoms with Gasteiger partial charge in [0.1, 0.15) is 11.9 Å². The highest BCUT2D eigenvalue weighted by atomic mass is 19.1. The topological polar surface area (TPSA) is 67.6 Å². The van der Waals surface area contributed by atoms with Crippen LogP contribution in [0.25, 0.3) is 11.1 Å². The lowest BCUT2D eigenvalue weighted by Crippen LogP contribution is -2.66. The van der Waals surface area contributed by atoms with Crippen molar-refractivity contribution in [2.24, 2.45) is 0 Å². The van der Waals surface area contributed by atoms with E-state index in [2.05, 4.69) is 6.07 Å². The van der Waals surface area contributed by atoms with Crippen LogP contribution in [-0.2, 0) is 4.79 Å². The van der Waals surface area contributed by atoms with E-state index >= 15 is 0 Å². The molecule has 1 heterocycles. The molecule has 0 radical (unpaired) electrons. The van der Waals surface area contributed by atoms with Crippen LogP contribution in [0.4, 0.5) is 4.39 Å². The summed E-state index contributed by atoms with van der Waals surface area (Å²) < 4.78 is 14.4.